The van der Waals surface area contributed by atoms with Gasteiger partial charge in [-0.3, -0.25) is 9.59 Å². The number of aromatic amines is 1. The van der Waals surface area contributed by atoms with E-state index >= 15 is 0 Å². The van der Waals surface area contributed by atoms with Gasteiger partial charge in [-0.2, -0.15) is 0 Å². The van der Waals surface area contributed by atoms with E-state index in [1.807, 2.05) is 0 Å². The van der Waals surface area contributed by atoms with Gasteiger partial charge in [-0.25, -0.2) is 4.98 Å². The van der Waals surface area contributed by atoms with Crippen LogP contribution in [0.4, 0.5) is 0 Å². The average Bonchev–Trinajstić information content (AvgIpc) is 2.12. The molecule has 0 saturated heterocycles. The Bertz CT molecular complexity index is 418. The van der Waals surface area contributed by atoms with Gasteiger partial charge in [-0.15, -0.1) is 0 Å². The third-order valence-corrected chi connectivity index (χ3v) is 2.56. The van der Waals surface area contributed by atoms with Gasteiger partial charge in [0.05, 0.1) is 0 Å². The molecule has 1 heterocycles. The van der Waals surface area contributed by atoms with Crippen LogP contribution < -0.4 is 11.3 Å². The highest BCUT2D eigenvalue weighted by atomic mass is 32.2. The van der Waals surface area contributed by atoms with Gasteiger partial charge < -0.3 is 15.8 Å². The van der Waals surface area contributed by atoms with Gasteiger partial charge in [0, 0.05) is 17.5 Å². The maximum Gasteiger partial charge on any atom is 0.321 e. The number of thioether (sulfide) groups is 1. The van der Waals surface area contributed by atoms with Crippen LogP contribution in [-0.2, 0) is 4.79 Å². The minimum Gasteiger partial charge on any atom is -0.480 e. The number of aromatic nitrogens is 2. The second kappa shape index (κ2) is 4.94. The Morgan fingerprint density at radius 2 is 2.47 bits per heavy atom. The lowest BCUT2D eigenvalue weighted by atomic mass is 10.4. The topological polar surface area (TPSA) is 109 Å². The van der Waals surface area contributed by atoms with Crippen LogP contribution in [0.2, 0.25) is 0 Å². The van der Waals surface area contributed by atoms with Crippen LogP contribution in [0.3, 0.4) is 0 Å². The summed E-state index contributed by atoms with van der Waals surface area (Å²) in [4.78, 5) is 28.0. The van der Waals surface area contributed by atoms with Gasteiger partial charge >= 0.3 is 5.97 Å². The van der Waals surface area contributed by atoms with Crippen molar-refractivity contribution in [2.24, 2.45) is 5.73 Å². The summed E-state index contributed by atoms with van der Waals surface area (Å²) in [6, 6.07) is 0.405. The summed E-state index contributed by atoms with van der Waals surface area (Å²) < 4.78 is 0. The third-order valence-electron chi connectivity index (χ3n) is 1.56. The zero-order chi connectivity index (χ0) is 11.4. The molecular formula is C8H11N3O3S. The van der Waals surface area contributed by atoms with E-state index in [-0.39, 0.29) is 11.3 Å². The predicted molar refractivity (Wildman–Crippen MR) is 55.9 cm³/mol. The Hall–Kier alpha value is -1.34. The molecule has 0 radical (unpaired) electrons. The van der Waals surface area contributed by atoms with Crippen LogP contribution >= 0.6 is 11.8 Å². The van der Waals surface area contributed by atoms with Crippen molar-refractivity contribution >= 4 is 17.7 Å². The van der Waals surface area contributed by atoms with E-state index < -0.39 is 12.0 Å². The molecule has 0 bridgehead atoms. The number of nitrogens with one attached hydrogen (secondary N) is 1. The van der Waals surface area contributed by atoms with Crippen molar-refractivity contribution in [1.82, 2.24) is 9.97 Å². The molecule has 6 nitrogen and oxygen atoms in total. The maximum absolute atomic E-state index is 11.0. The standard InChI is InChI=1S/C8H11N3O3S/c1-4-2-6(12)11-8(10-4)15-3-5(9)7(13)14/h2,5H,3,9H2,1H3,(H,13,14)(H,10,11,12). The number of rotatable bonds is 4. The van der Waals surface area contributed by atoms with E-state index in [0.29, 0.717) is 10.9 Å². The maximum atomic E-state index is 11.0. The summed E-state index contributed by atoms with van der Waals surface area (Å²) in [6.07, 6.45) is 0. The average molecular weight is 229 g/mol. The minimum absolute atomic E-state index is 0.168. The molecular weight excluding hydrogens is 218 g/mol. The van der Waals surface area contributed by atoms with Crippen molar-refractivity contribution in [2.45, 2.75) is 18.1 Å². The fraction of sp³-hybridized carbons (Fsp3) is 0.375. The molecule has 0 aliphatic carbocycles. The number of nitrogens with two attached hydrogens (primary N) is 1. The van der Waals surface area contributed by atoms with Crippen LogP contribution in [0.25, 0.3) is 0 Å². The molecule has 7 heteroatoms. The number of hydrogen-bond acceptors (Lipinski definition) is 5. The molecule has 1 aromatic rings. The van der Waals surface area contributed by atoms with Crippen LogP contribution in [0.15, 0.2) is 16.0 Å². The van der Waals surface area contributed by atoms with Crippen LogP contribution in [0, 0.1) is 6.92 Å². The number of H-pyrrole nitrogens is 1. The number of hydrogen-bond donors (Lipinski definition) is 3. The molecule has 0 fully saturated rings. The quantitative estimate of drug-likeness (QED) is 0.478. The zero-order valence-corrected chi connectivity index (χ0v) is 8.87. The largest absolute Gasteiger partial charge is 0.480 e. The summed E-state index contributed by atoms with van der Waals surface area (Å²) in [6.45, 7) is 1.69. The SMILES string of the molecule is Cc1cc(=O)[nH]c(SCC(N)C(=O)O)n1. The van der Waals surface area contributed by atoms with E-state index in [9.17, 15) is 9.59 Å². The first kappa shape index (κ1) is 11.7. The van der Waals surface area contributed by atoms with Gasteiger partial charge in [-0.05, 0) is 6.92 Å². The number of nitrogens with zero attached hydrogens (tertiary/aromatic N) is 1. The van der Waals surface area contributed by atoms with Crippen molar-refractivity contribution in [3.05, 3.63) is 22.1 Å². The Morgan fingerprint density at radius 1 is 1.80 bits per heavy atom. The molecule has 0 aliphatic heterocycles. The van der Waals surface area contributed by atoms with E-state index in [2.05, 4.69) is 9.97 Å². The molecule has 0 saturated carbocycles. The minimum atomic E-state index is -1.07. The Kier molecular flexibility index (Phi) is 3.87. The molecule has 4 N–H and O–H groups in total. The fourth-order valence-corrected chi connectivity index (χ4v) is 1.72. The van der Waals surface area contributed by atoms with Crippen LogP contribution in [-0.4, -0.2) is 32.8 Å². The predicted octanol–water partition coefficient (Wildman–Crippen LogP) is -0.418. The first-order valence-electron chi connectivity index (χ1n) is 4.18. The number of carboxylic acids is 1. The van der Waals surface area contributed by atoms with Crippen molar-refractivity contribution in [1.29, 1.82) is 0 Å². The molecule has 0 aliphatic rings. The highest BCUT2D eigenvalue weighted by molar-refractivity contribution is 7.99. The lowest BCUT2D eigenvalue weighted by molar-refractivity contribution is -0.137. The summed E-state index contributed by atoms with van der Waals surface area (Å²) in [5, 5.41) is 8.92. The van der Waals surface area contributed by atoms with Crippen molar-refractivity contribution in [3.63, 3.8) is 0 Å². The monoisotopic (exact) mass is 229 g/mol. The molecule has 0 amide bonds. The molecule has 0 spiro atoms. The zero-order valence-electron chi connectivity index (χ0n) is 8.06. The molecule has 1 unspecified atom stereocenters. The van der Waals surface area contributed by atoms with Gasteiger partial charge in [0.15, 0.2) is 5.16 Å². The molecule has 15 heavy (non-hydrogen) atoms. The smallest absolute Gasteiger partial charge is 0.321 e. The Morgan fingerprint density at radius 3 is 3.00 bits per heavy atom. The van der Waals surface area contributed by atoms with Gasteiger partial charge in [0.25, 0.3) is 5.56 Å². The number of aliphatic carboxylic acids is 1. The van der Waals surface area contributed by atoms with E-state index in [0.717, 1.165) is 11.8 Å². The first-order chi connectivity index (χ1) is 6.99. The normalized spacial score (nSPS) is 12.4. The molecule has 1 atom stereocenters. The highest BCUT2D eigenvalue weighted by Gasteiger charge is 2.12. The van der Waals surface area contributed by atoms with Crippen LogP contribution in [0.5, 0.6) is 0 Å². The third kappa shape index (κ3) is 3.72. The highest BCUT2D eigenvalue weighted by Crippen LogP contribution is 2.11. The van der Waals surface area contributed by atoms with Crippen molar-refractivity contribution in [2.75, 3.05) is 5.75 Å². The van der Waals surface area contributed by atoms with Crippen molar-refractivity contribution in [3.8, 4) is 0 Å². The van der Waals surface area contributed by atoms with E-state index in [1.54, 1.807) is 6.92 Å². The fourth-order valence-electron chi connectivity index (χ4n) is 0.860. The van der Waals surface area contributed by atoms with Crippen LogP contribution in [0.1, 0.15) is 5.69 Å². The molecule has 1 rings (SSSR count). The van der Waals surface area contributed by atoms with Crippen molar-refractivity contribution < 1.29 is 9.90 Å². The summed E-state index contributed by atoms with van der Waals surface area (Å²) in [7, 11) is 0. The number of aryl methyl sites for hydroxylation is 1. The summed E-state index contributed by atoms with van der Waals surface area (Å²) in [5.41, 5.74) is 5.63. The second-order valence-corrected chi connectivity index (χ2v) is 3.96. The Balaban J connectivity index is 2.65. The molecule has 1 aromatic heterocycles. The second-order valence-electron chi connectivity index (χ2n) is 2.95. The molecule has 82 valence electrons. The van der Waals surface area contributed by atoms with E-state index in [4.69, 9.17) is 10.8 Å². The molecule has 0 aromatic carbocycles. The van der Waals surface area contributed by atoms with Gasteiger partial charge in [0.1, 0.15) is 6.04 Å². The number of carboxylic acid groups (broad SMARTS) is 1. The lowest BCUT2D eigenvalue weighted by Crippen LogP contribution is -2.32. The van der Waals surface area contributed by atoms with Gasteiger partial charge in [-0.1, -0.05) is 11.8 Å². The number of carbonyl (C=O) groups is 1. The summed E-state index contributed by atoms with van der Waals surface area (Å²) >= 11 is 1.11. The van der Waals surface area contributed by atoms with E-state index in [1.165, 1.54) is 6.07 Å². The summed E-state index contributed by atoms with van der Waals surface area (Å²) in [5.74, 6) is -0.903. The van der Waals surface area contributed by atoms with Gasteiger partial charge in [0.2, 0.25) is 0 Å². The Labute approximate surface area is 89.9 Å². The first-order valence-corrected chi connectivity index (χ1v) is 5.17. The lowest BCUT2D eigenvalue weighted by Gasteiger charge is -2.05.